The summed E-state index contributed by atoms with van der Waals surface area (Å²) in [5.41, 5.74) is 2.10. The number of carbonyl (C=O) groups is 2. The highest BCUT2D eigenvalue weighted by Gasteiger charge is 2.49. The van der Waals surface area contributed by atoms with Crippen molar-refractivity contribution < 1.29 is 19.6 Å². The molecule has 0 bridgehead atoms. The van der Waals surface area contributed by atoms with E-state index < -0.39 is 22.7 Å². The second-order valence-electron chi connectivity index (χ2n) is 8.04. The van der Waals surface area contributed by atoms with Gasteiger partial charge in [-0.05, 0) is 42.5 Å². The Labute approximate surface area is 180 Å². The molecule has 1 amide bonds. The summed E-state index contributed by atoms with van der Waals surface area (Å²) in [5, 5.41) is 22.0. The zero-order valence-corrected chi connectivity index (χ0v) is 17.3. The minimum atomic E-state index is -0.715. The highest BCUT2D eigenvalue weighted by atomic mass is 16.6. The summed E-state index contributed by atoms with van der Waals surface area (Å²) in [6, 6.07) is 12.4. The van der Waals surface area contributed by atoms with Crippen molar-refractivity contribution in [3.05, 3.63) is 80.9 Å². The van der Waals surface area contributed by atoms with Crippen LogP contribution in [-0.2, 0) is 16.0 Å². The summed E-state index contributed by atoms with van der Waals surface area (Å²) in [7, 11) is 0. The molecule has 1 saturated heterocycles. The van der Waals surface area contributed by atoms with Crippen LogP contribution in [0.15, 0.2) is 54.1 Å². The maximum Gasteiger partial charge on any atom is 0.295 e. The molecule has 1 unspecified atom stereocenters. The molecule has 1 atom stereocenters. The average molecular weight is 420 g/mol. The van der Waals surface area contributed by atoms with E-state index in [2.05, 4.69) is 0 Å². The van der Waals surface area contributed by atoms with Gasteiger partial charge >= 0.3 is 0 Å². The van der Waals surface area contributed by atoms with E-state index in [1.165, 1.54) is 24.3 Å². The molecule has 0 spiro atoms. The summed E-state index contributed by atoms with van der Waals surface area (Å²) in [4.78, 5) is 38.1. The fourth-order valence-corrected chi connectivity index (χ4v) is 4.57. The first-order valence-electron chi connectivity index (χ1n) is 10.6. The molecule has 1 aliphatic carbocycles. The standard InChI is InChI=1S/C24H24N2O5/c1-2-15-7-9-16(10-8-15)21-20(22(27)17-11-13-19(14-12-17)26(30)31)23(28)24(29)25(21)18-5-3-4-6-18/h7-14,18,21,27H,2-6H2,1H3/b22-20-. The molecule has 1 heterocycles. The first kappa shape index (κ1) is 20.8. The molecule has 31 heavy (non-hydrogen) atoms. The van der Waals surface area contributed by atoms with Crippen molar-refractivity contribution in [2.75, 3.05) is 0 Å². The number of nitrogens with zero attached hydrogens (tertiary/aromatic N) is 2. The largest absolute Gasteiger partial charge is 0.507 e. The number of non-ortho nitro benzene ring substituents is 1. The molecule has 0 aromatic heterocycles. The number of nitro groups is 1. The van der Waals surface area contributed by atoms with E-state index in [1.54, 1.807) is 4.90 Å². The Morgan fingerprint density at radius 3 is 2.23 bits per heavy atom. The van der Waals surface area contributed by atoms with Crippen molar-refractivity contribution in [1.82, 2.24) is 4.90 Å². The van der Waals surface area contributed by atoms with Crippen LogP contribution < -0.4 is 0 Å². The van der Waals surface area contributed by atoms with Crippen LogP contribution >= 0.6 is 0 Å². The number of amides is 1. The summed E-state index contributed by atoms with van der Waals surface area (Å²) in [5.74, 6) is -1.62. The topological polar surface area (TPSA) is 101 Å². The highest BCUT2D eigenvalue weighted by molar-refractivity contribution is 6.46. The van der Waals surface area contributed by atoms with Gasteiger partial charge in [-0.3, -0.25) is 19.7 Å². The van der Waals surface area contributed by atoms with Crippen LogP contribution in [0.5, 0.6) is 0 Å². The van der Waals surface area contributed by atoms with E-state index in [-0.39, 0.29) is 28.6 Å². The second-order valence-corrected chi connectivity index (χ2v) is 8.04. The van der Waals surface area contributed by atoms with Gasteiger partial charge in [-0.25, -0.2) is 0 Å². The number of carbonyl (C=O) groups excluding carboxylic acids is 2. The van der Waals surface area contributed by atoms with E-state index in [1.807, 2.05) is 31.2 Å². The number of hydrogen-bond acceptors (Lipinski definition) is 5. The Morgan fingerprint density at radius 1 is 1.06 bits per heavy atom. The SMILES string of the molecule is CCc1ccc(C2/C(=C(/O)c3ccc([N+](=O)[O-])cc3)C(=O)C(=O)N2C2CCCC2)cc1. The molecule has 1 aliphatic heterocycles. The second kappa shape index (κ2) is 8.34. The van der Waals surface area contributed by atoms with E-state index in [0.29, 0.717) is 0 Å². The van der Waals surface area contributed by atoms with Crippen LogP contribution in [0.4, 0.5) is 5.69 Å². The Morgan fingerprint density at radius 2 is 1.68 bits per heavy atom. The van der Waals surface area contributed by atoms with Gasteiger partial charge < -0.3 is 10.0 Å². The maximum absolute atomic E-state index is 13.1. The maximum atomic E-state index is 13.1. The summed E-state index contributed by atoms with van der Waals surface area (Å²) >= 11 is 0. The minimum absolute atomic E-state index is 0.0370. The highest BCUT2D eigenvalue weighted by Crippen LogP contribution is 2.43. The van der Waals surface area contributed by atoms with Crippen LogP contribution in [0.1, 0.15) is 55.3 Å². The minimum Gasteiger partial charge on any atom is -0.507 e. The van der Waals surface area contributed by atoms with Crippen molar-refractivity contribution in [3.8, 4) is 0 Å². The van der Waals surface area contributed by atoms with Crippen LogP contribution in [0.25, 0.3) is 5.76 Å². The Balaban J connectivity index is 1.84. The fourth-order valence-electron chi connectivity index (χ4n) is 4.57. The zero-order chi connectivity index (χ0) is 22.1. The van der Waals surface area contributed by atoms with E-state index >= 15 is 0 Å². The zero-order valence-electron chi connectivity index (χ0n) is 17.3. The number of Topliss-reactive ketones (excluding diaryl/α,β-unsaturated/α-hetero) is 1. The van der Waals surface area contributed by atoms with Gasteiger partial charge in [-0.1, -0.05) is 44.0 Å². The number of aliphatic hydroxyl groups excluding tert-OH is 1. The van der Waals surface area contributed by atoms with E-state index in [9.17, 15) is 24.8 Å². The Kier molecular flexibility index (Phi) is 5.59. The first-order chi connectivity index (χ1) is 14.9. The Bertz CT molecular complexity index is 1050. The predicted octanol–water partition coefficient (Wildman–Crippen LogP) is 4.52. The molecule has 2 aliphatic rings. The molecule has 4 rings (SSSR count). The lowest BCUT2D eigenvalue weighted by atomic mass is 9.93. The van der Waals surface area contributed by atoms with E-state index in [0.717, 1.165) is 43.2 Å². The number of nitro benzene ring substituents is 1. The normalized spacial score (nSPS) is 21.1. The lowest BCUT2D eigenvalue weighted by molar-refractivity contribution is -0.384. The van der Waals surface area contributed by atoms with Gasteiger partial charge in [0.15, 0.2) is 0 Å². The van der Waals surface area contributed by atoms with Crippen LogP contribution in [-0.4, -0.2) is 32.7 Å². The Hall–Kier alpha value is -3.48. The molecule has 0 radical (unpaired) electrons. The number of hydrogen-bond donors (Lipinski definition) is 1. The monoisotopic (exact) mass is 420 g/mol. The number of rotatable bonds is 5. The molecule has 1 saturated carbocycles. The molecule has 7 nitrogen and oxygen atoms in total. The summed E-state index contributed by atoms with van der Waals surface area (Å²) in [6.07, 6.45) is 4.52. The number of likely N-dealkylation sites (tertiary alicyclic amines) is 1. The molecule has 160 valence electrons. The van der Waals surface area contributed by atoms with Crippen molar-refractivity contribution in [1.29, 1.82) is 0 Å². The molecule has 1 N–H and O–H groups in total. The summed E-state index contributed by atoms with van der Waals surface area (Å²) < 4.78 is 0. The lowest BCUT2D eigenvalue weighted by Gasteiger charge is -2.30. The van der Waals surface area contributed by atoms with Gasteiger partial charge in [0.2, 0.25) is 0 Å². The molecule has 2 aromatic rings. The predicted molar refractivity (Wildman–Crippen MR) is 115 cm³/mol. The van der Waals surface area contributed by atoms with Gasteiger partial charge in [-0.2, -0.15) is 0 Å². The molecule has 7 heteroatoms. The van der Waals surface area contributed by atoms with Crippen molar-refractivity contribution in [2.45, 2.75) is 51.1 Å². The average Bonchev–Trinajstić information content (AvgIpc) is 3.40. The van der Waals surface area contributed by atoms with Gasteiger partial charge in [0.05, 0.1) is 16.5 Å². The van der Waals surface area contributed by atoms with Gasteiger partial charge in [0.1, 0.15) is 5.76 Å². The van der Waals surface area contributed by atoms with Crippen molar-refractivity contribution >= 4 is 23.1 Å². The molecular weight excluding hydrogens is 396 g/mol. The third-order valence-corrected chi connectivity index (χ3v) is 6.25. The van der Waals surface area contributed by atoms with Crippen LogP contribution in [0.2, 0.25) is 0 Å². The van der Waals surface area contributed by atoms with Crippen LogP contribution in [0, 0.1) is 10.1 Å². The number of benzene rings is 2. The first-order valence-corrected chi connectivity index (χ1v) is 10.6. The number of ketones is 1. The van der Waals surface area contributed by atoms with Gasteiger partial charge in [0, 0.05) is 23.7 Å². The quantitative estimate of drug-likeness (QED) is 0.252. The number of aliphatic hydroxyl groups is 1. The van der Waals surface area contributed by atoms with E-state index in [4.69, 9.17) is 0 Å². The van der Waals surface area contributed by atoms with Gasteiger partial charge in [-0.15, -0.1) is 0 Å². The molecular formula is C24H24N2O5. The van der Waals surface area contributed by atoms with Crippen molar-refractivity contribution in [3.63, 3.8) is 0 Å². The lowest BCUT2D eigenvalue weighted by Crippen LogP contribution is -2.37. The molecule has 2 aromatic carbocycles. The van der Waals surface area contributed by atoms with Crippen LogP contribution in [0.3, 0.4) is 0 Å². The van der Waals surface area contributed by atoms with Gasteiger partial charge in [0.25, 0.3) is 17.4 Å². The number of aryl methyl sites for hydroxylation is 1. The molecule has 2 fully saturated rings. The smallest absolute Gasteiger partial charge is 0.295 e. The summed E-state index contributed by atoms with van der Waals surface area (Å²) in [6.45, 7) is 2.05. The van der Waals surface area contributed by atoms with Crippen molar-refractivity contribution in [2.24, 2.45) is 0 Å². The fraction of sp³-hybridized carbons (Fsp3) is 0.333. The third-order valence-electron chi connectivity index (χ3n) is 6.25. The third kappa shape index (κ3) is 3.71.